The molecular weight excluding hydrogens is 209 g/mol. The predicted octanol–water partition coefficient (Wildman–Crippen LogP) is 1.26. The molecule has 0 aliphatic heterocycles. The quantitative estimate of drug-likeness (QED) is 0.716. The summed E-state index contributed by atoms with van der Waals surface area (Å²) in [6, 6.07) is 6.44. The zero-order valence-corrected chi connectivity index (χ0v) is 9.08. The van der Waals surface area contributed by atoms with E-state index >= 15 is 0 Å². The molecule has 0 bridgehead atoms. The summed E-state index contributed by atoms with van der Waals surface area (Å²) < 4.78 is 13.2. The van der Waals surface area contributed by atoms with Gasteiger partial charge in [-0.25, -0.2) is 4.39 Å². The van der Waals surface area contributed by atoms with Crippen LogP contribution in [0.5, 0.6) is 0 Å². The summed E-state index contributed by atoms with van der Waals surface area (Å²) in [5.74, 6) is -0.387. The highest BCUT2D eigenvalue weighted by atomic mass is 19.1. The topological polar surface area (TPSA) is 49.3 Å². The minimum atomic E-state index is -0.273. The number of aliphatic hydroxyl groups excluding tert-OH is 1. The van der Waals surface area contributed by atoms with Crippen LogP contribution in [0.3, 0.4) is 0 Å². The fourth-order valence-electron chi connectivity index (χ4n) is 1.34. The molecule has 88 valence electrons. The fourth-order valence-corrected chi connectivity index (χ4v) is 1.34. The van der Waals surface area contributed by atoms with Crippen molar-refractivity contribution in [2.45, 2.75) is 19.3 Å². The lowest BCUT2D eigenvalue weighted by molar-refractivity contribution is -0.121. The highest BCUT2D eigenvalue weighted by molar-refractivity contribution is 5.76. The summed E-state index contributed by atoms with van der Waals surface area (Å²) in [4.78, 5) is 11.3. The van der Waals surface area contributed by atoms with Crippen LogP contribution in [-0.4, -0.2) is 24.2 Å². The summed E-state index contributed by atoms with van der Waals surface area (Å²) in [6.45, 7) is 0.528. The van der Waals surface area contributed by atoms with Gasteiger partial charge in [-0.1, -0.05) is 18.2 Å². The van der Waals surface area contributed by atoms with Crippen molar-refractivity contribution in [2.75, 3.05) is 13.2 Å². The van der Waals surface area contributed by atoms with Crippen LogP contribution in [0.2, 0.25) is 0 Å². The second-order valence-corrected chi connectivity index (χ2v) is 3.52. The lowest BCUT2D eigenvalue weighted by atomic mass is 10.1. The number of rotatable bonds is 6. The third-order valence-corrected chi connectivity index (χ3v) is 2.24. The first-order chi connectivity index (χ1) is 7.74. The molecule has 0 aliphatic carbocycles. The number of nitrogens with one attached hydrogen (secondary N) is 1. The van der Waals surface area contributed by atoms with Gasteiger partial charge in [0.1, 0.15) is 5.82 Å². The second kappa shape index (κ2) is 6.95. The molecule has 1 aromatic carbocycles. The number of hydrogen-bond donors (Lipinski definition) is 2. The van der Waals surface area contributed by atoms with Crippen molar-refractivity contribution in [1.82, 2.24) is 5.32 Å². The van der Waals surface area contributed by atoms with Crippen LogP contribution in [0, 0.1) is 5.82 Å². The number of hydrogen-bond acceptors (Lipinski definition) is 2. The van der Waals surface area contributed by atoms with E-state index in [4.69, 9.17) is 5.11 Å². The number of amides is 1. The molecule has 0 spiro atoms. The van der Waals surface area contributed by atoms with E-state index in [0.29, 0.717) is 24.9 Å². The molecule has 0 aliphatic rings. The molecular formula is C12H16FNO2. The zero-order valence-electron chi connectivity index (χ0n) is 9.08. The Morgan fingerprint density at radius 2 is 2.12 bits per heavy atom. The van der Waals surface area contributed by atoms with Crippen LogP contribution in [-0.2, 0) is 11.2 Å². The van der Waals surface area contributed by atoms with Crippen LogP contribution < -0.4 is 5.32 Å². The van der Waals surface area contributed by atoms with Crippen molar-refractivity contribution in [2.24, 2.45) is 0 Å². The maximum Gasteiger partial charge on any atom is 0.220 e. The van der Waals surface area contributed by atoms with Crippen LogP contribution >= 0.6 is 0 Å². The molecule has 1 aromatic rings. The van der Waals surface area contributed by atoms with Gasteiger partial charge in [-0.15, -0.1) is 0 Å². The molecule has 16 heavy (non-hydrogen) atoms. The molecule has 4 heteroatoms. The molecule has 3 nitrogen and oxygen atoms in total. The molecule has 0 atom stereocenters. The normalized spacial score (nSPS) is 10.1. The molecule has 1 amide bonds. The molecule has 1 rings (SSSR count). The molecule has 0 fully saturated rings. The Bertz CT molecular complexity index is 342. The third kappa shape index (κ3) is 4.40. The van der Waals surface area contributed by atoms with Crippen LogP contribution in [0.4, 0.5) is 4.39 Å². The first-order valence-corrected chi connectivity index (χ1v) is 5.35. The van der Waals surface area contributed by atoms with Crippen molar-refractivity contribution in [3.05, 3.63) is 35.6 Å². The number of benzene rings is 1. The molecule has 0 saturated heterocycles. The van der Waals surface area contributed by atoms with Gasteiger partial charge in [0, 0.05) is 19.6 Å². The predicted molar refractivity (Wildman–Crippen MR) is 59.4 cm³/mol. The highest BCUT2D eigenvalue weighted by Gasteiger charge is 2.04. The smallest absolute Gasteiger partial charge is 0.220 e. The second-order valence-electron chi connectivity index (χ2n) is 3.52. The fraction of sp³-hybridized carbons (Fsp3) is 0.417. The SMILES string of the molecule is O=C(CCc1ccccc1F)NCCCO. The number of aryl methyl sites for hydroxylation is 1. The summed E-state index contributed by atoms with van der Waals surface area (Å²) in [6.07, 6.45) is 1.22. The lowest BCUT2D eigenvalue weighted by Gasteiger charge is -2.04. The van der Waals surface area contributed by atoms with Gasteiger partial charge in [0.25, 0.3) is 0 Å². The number of carbonyl (C=O) groups excluding carboxylic acids is 1. The van der Waals surface area contributed by atoms with Crippen molar-refractivity contribution < 1.29 is 14.3 Å². The summed E-state index contributed by atoms with van der Waals surface area (Å²) in [5.41, 5.74) is 0.555. The van der Waals surface area contributed by atoms with Gasteiger partial charge in [-0.2, -0.15) is 0 Å². The third-order valence-electron chi connectivity index (χ3n) is 2.24. The molecule has 0 heterocycles. The van der Waals surface area contributed by atoms with Gasteiger partial charge < -0.3 is 10.4 Å². The maximum absolute atomic E-state index is 13.2. The zero-order chi connectivity index (χ0) is 11.8. The Morgan fingerprint density at radius 1 is 1.38 bits per heavy atom. The van der Waals surface area contributed by atoms with Crippen LogP contribution in [0.1, 0.15) is 18.4 Å². The van der Waals surface area contributed by atoms with Gasteiger partial charge >= 0.3 is 0 Å². The van der Waals surface area contributed by atoms with Gasteiger partial charge in [0.2, 0.25) is 5.91 Å². The first kappa shape index (κ1) is 12.6. The standard InChI is InChI=1S/C12H16FNO2/c13-11-5-2-1-4-10(11)6-7-12(16)14-8-3-9-15/h1-2,4-5,15H,3,6-9H2,(H,14,16). The molecule has 0 saturated carbocycles. The highest BCUT2D eigenvalue weighted by Crippen LogP contribution is 2.08. The van der Waals surface area contributed by atoms with Crippen LogP contribution in [0.15, 0.2) is 24.3 Å². The van der Waals surface area contributed by atoms with Gasteiger partial charge in [-0.05, 0) is 24.5 Å². The molecule has 2 N–H and O–H groups in total. The van der Waals surface area contributed by atoms with E-state index in [1.807, 2.05) is 0 Å². The van der Waals surface area contributed by atoms with Crippen molar-refractivity contribution in [3.63, 3.8) is 0 Å². The summed E-state index contributed by atoms with van der Waals surface area (Å²) >= 11 is 0. The Hall–Kier alpha value is -1.42. The average Bonchev–Trinajstić information content (AvgIpc) is 2.28. The minimum Gasteiger partial charge on any atom is -0.396 e. The summed E-state index contributed by atoms with van der Waals surface area (Å²) in [7, 11) is 0. The van der Waals surface area contributed by atoms with Gasteiger partial charge in [0.05, 0.1) is 0 Å². The van der Waals surface area contributed by atoms with Crippen molar-refractivity contribution >= 4 is 5.91 Å². The molecule has 0 radical (unpaired) electrons. The van der Waals surface area contributed by atoms with E-state index in [0.717, 1.165) is 0 Å². The van der Waals surface area contributed by atoms with Crippen LogP contribution in [0.25, 0.3) is 0 Å². The minimum absolute atomic E-state index is 0.0631. The molecule has 0 aromatic heterocycles. The Balaban J connectivity index is 2.29. The van der Waals surface area contributed by atoms with E-state index in [2.05, 4.69) is 5.32 Å². The number of halogens is 1. The monoisotopic (exact) mass is 225 g/mol. The Morgan fingerprint density at radius 3 is 2.81 bits per heavy atom. The van der Waals surface area contributed by atoms with E-state index in [1.165, 1.54) is 6.07 Å². The van der Waals surface area contributed by atoms with Gasteiger partial charge in [0.15, 0.2) is 0 Å². The van der Waals surface area contributed by atoms with E-state index < -0.39 is 0 Å². The number of aliphatic hydroxyl groups is 1. The lowest BCUT2D eigenvalue weighted by Crippen LogP contribution is -2.25. The van der Waals surface area contributed by atoms with E-state index in [-0.39, 0.29) is 24.8 Å². The molecule has 0 unspecified atom stereocenters. The average molecular weight is 225 g/mol. The number of carbonyl (C=O) groups is 1. The van der Waals surface area contributed by atoms with Gasteiger partial charge in [-0.3, -0.25) is 4.79 Å². The van der Waals surface area contributed by atoms with E-state index in [9.17, 15) is 9.18 Å². The summed E-state index contributed by atoms with van der Waals surface area (Å²) in [5, 5.41) is 11.2. The maximum atomic E-state index is 13.2. The van der Waals surface area contributed by atoms with Crippen molar-refractivity contribution in [3.8, 4) is 0 Å². The van der Waals surface area contributed by atoms with E-state index in [1.54, 1.807) is 18.2 Å². The largest absolute Gasteiger partial charge is 0.396 e. The first-order valence-electron chi connectivity index (χ1n) is 5.35. The Kier molecular flexibility index (Phi) is 5.50. The Labute approximate surface area is 94.3 Å². The van der Waals surface area contributed by atoms with Crippen molar-refractivity contribution in [1.29, 1.82) is 0 Å².